The summed E-state index contributed by atoms with van der Waals surface area (Å²) in [6.07, 6.45) is 0.764. The molecule has 1 saturated heterocycles. The lowest BCUT2D eigenvalue weighted by Gasteiger charge is -2.34. The Bertz CT molecular complexity index is 743. The number of hydrogen-bond acceptors (Lipinski definition) is 5. The minimum Gasteiger partial charge on any atom is -0.493 e. The van der Waals surface area contributed by atoms with Crippen molar-refractivity contribution in [1.29, 1.82) is 0 Å². The third-order valence-electron chi connectivity index (χ3n) is 4.74. The summed E-state index contributed by atoms with van der Waals surface area (Å²) in [4.78, 5) is 28.2. The molecule has 0 spiro atoms. The normalized spacial score (nSPS) is 15.1. The van der Waals surface area contributed by atoms with Crippen LogP contribution in [0.4, 0.5) is 13.6 Å². The van der Waals surface area contributed by atoms with Crippen LogP contribution in [0, 0.1) is 5.92 Å². The summed E-state index contributed by atoms with van der Waals surface area (Å²) in [7, 11) is 3.06. The number of alkyl halides is 2. The second kappa shape index (κ2) is 9.95. The molecule has 2 amide bonds. The van der Waals surface area contributed by atoms with Gasteiger partial charge < -0.3 is 24.0 Å². The van der Waals surface area contributed by atoms with Crippen molar-refractivity contribution < 1.29 is 32.6 Å². The first-order valence-corrected chi connectivity index (χ1v) is 9.85. The first kappa shape index (κ1) is 23.7. The van der Waals surface area contributed by atoms with Crippen LogP contribution >= 0.6 is 0 Å². The minimum absolute atomic E-state index is 0.0225. The molecule has 0 saturated carbocycles. The van der Waals surface area contributed by atoms with Gasteiger partial charge in [-0.2, -0.15) is 8.78 Å². The molecule has 7 nitrogen and oxygen atoms in total. The average Bonchev–Trinajstić information content (AvgIpc) is 2.67. The number of amides is 2. The van der Waals surface area contributed by atoms with Gasteiger partial charge in [-0.1, -0.05) is 6.07 Å². The van der Waals surface area contributed by atoms with Crippen LogP contribution < -0.4 is 9.47 Å². The van der Waals surface area contributed by atoms with Crippen LogP contribution in [-0.4, -0.2) is 61.3 Å². The van der Waals surface area contributed by atoms with E-state index in [1.807, 2.05) is 20.8 Å². The molecule has 0 unspecified atom stereocenters. The molecule has 0 N–H and O–H groups in total. The number of likely N-dealkylation sites (tertiary alicyclic amines) is 1. The number of ether oxygens (including phenoxy) is 3. The molecule has 0 radical (unpaired) electrons. The summed E-state index contributed by atoms with van der Waals surface area (Å²) in [6.45, 7) is 3.74. The molecule has 1 aliphatic heterocycles. The van der Waals surface area contributed by atoms with Gasteiger partial charge >= 0.3 is 12.7 Å². The SMILES string of the molecule is COc1cc(CN(C)C(=O)C2CCN(C(=O)OC(C)(C)C)CC2)ccc1OC(F)F. The first-order chi connectivity index (χ1) is 14.0. The van der Waals surface area contributed by atoms with Crippen LogP contribution in [0.15, 0.2) is 18.2 Å². The first-order valence-electron chi connectivity index (χ1n) is 9.85. The van der Waals surface area contributed by atoms with Gasteiger partial charge in [0, 0.05) is 32.6 Å². The van der Waals surface area contributed by atoms with Gasteiger partial charge in [-0.25, -0.2) is 4.79 Å². The Hall–Kier alpha value is -2.58. The summed E-state index contributed by atoms with van der Waals surface area (Å²) in [5.41, 5.74) is 0.177. The molecule has 0 atom stereocenters. The van der Waals surface area contributed by atoms with Crippen LogP contribution in [0.25, 0.3) is 0 Å². The largest absolute Gasteiger partial charge is 0.493 e. The van der Waals surface area contributed by atoms with Crippen LogP contribution in [0.1, 0.15) is 39.2 Å². The highest BCUT2D eigenvalue weighted by Gasteiger charge is 2.31. The number of hydrogen-bond donors (Lipinski definition) is 0. The van der Waals surface area contributed by atoms with Gasteiger partial charge in [0.1, 0.15) is 5.60 Å². The molecule has 0 bridgehead atoms. The highest BCUT2D eigenvalue weighted by molar-refractivity contribution is 5.79. The van der Waals surface area contributed by atoms with Crippen molar-refractivity contribution in [3.63, 3.8) is 0 Å². The number of halogens is 2. The minimum atomic E-state index is -2.94. The van der Waals surface area contributed by atoms with E-state index in [-0.39, 0.29) is 29.4 Å². The highest BCUT2D eigenvalue weighted by atomic mass is 19.3. The predicted octanol–water partition coefficient (Wildman–Crippen LogP) is 3.90. The molecule has 1 aliphatic rings. The van der Waals surface area contributed by atoms with E-state index in [4.69, 9.17) is 9.47 Å². The lowest BCUT2D eigenvalue weighted by molar-refractivity contribution is -0.136. The topological polar surface area (TPSA) is 68.3 Å². The molecule has 0 aliphatic carbocycles. The monoisotopic (exact) mass is 428 g/mol. The maximum absolute atomic E-state index is 12.8. The molecule has 1 aromatic carbocycles. The smallest absolute Gasteiger partial charge is 0.410 e. The van der Waals surface area contributed by atoms with Crippen molar-refractivity contribution in [3.05, 3.63) is 23.8 Å². The molecular formula is C21H30F2N2O5. The number of nitrogens with zero attached hydrogens (tertiary/aromatic N) is 2. The molecule has 0 aromatic heterocycles. The van der Waals surface area contributed by atoms with Crippen molar-refractivity contribution in [3.8, 4) is 11.5 Å². The summed E-state index contributed by atoms with van der Waals surface area (Å²) >= 11 is 0. The Kier molecular flexibility index (Phi) is 7.86. The van der Waals surface area contributed by atoms with Crippen molar-refractivity contribution in [1.82, 2.24) is 9.80 Å². The van der Waals surface area contributed by atoms with Crippen molar-refractivity contribution in [2.24, 2.45) is 5.92 Å². The van der Waals surface area contributed by atoms with Crippen LogP contribution in [0.5, 0.6) is 11.5 Å². The second-order valence-corrected chi connectivity index (χ2v) is 8.30. The third kappa shape index (κ3) is 6.74. The van der Waals surface area contributed by atoms with E-state index >= 15 is 0 Å². The standard InChI is InChI=1S/C21H30F2N2O5/c1-21(2,3)30-20(27)25-10-8-15(9-11-25)18(26)24(4)13-14-6-7-16(29-19(22)23)17(12-14)28-5/h6-7,12,15,19H,8-11,13H2,1-5H3. The quantitative estimate of drug-likeness (QED) is 0.687. The number of carbonyl (C=O) groups excluding carboxylic acids is 2. The van der Waals surface area contributed by atoms with Crippen LogP contribution in [0.3, 0.4) is 0 Å². The number of rotatable bonds is 6. The Balaban J connectivity index is 1.92. The average molecular weight is 428 g/mol. The molecule has 168 valence electrons. The lowest BCUT2D eigenvalue weighted by Crippen LogP contribution is -2.45. The van der Waals surface area contributed by atoms with Crippen molar-refractivity contribution in [2.75, 3.05) is 27.2 Å². The fourth-order valence-electron chi connectivity index (χ4n) is 3.30. The summed E-state index contributed by atoms with van der Waals surface area (Å²) < 4.78 is 39.8. The van der Waals surface area contributed by atoms with Crippen LogP contribution in [0.2, 0.25) is 0 Å². The van der Waals surface area contributed by atoms with E-state index < -0.39 is 12.2 Å². The Labute approximate surface area is 175 Å². The van der Waals surface area contributed by atoms with E-state index in [0.717, 1.165) is 5.56 Å². The zero-order valence-electron chi connectivity index (χ0n) is 18.1. The van der Waals surface area contributed by atoms with Gasteiger partial charge in [0.05, 0.1) is 7.11 Å². The molecule has 1 fully saturated rings. The van der Waals surface area contributed by atoms with E-state index in [1.54, 1.807) is 29.0 Å². The second-order valence-electron chi connectivity index (χ2n) is 8.30. The Morgan fingerprint density at radius 3 is 2.37 bits per heavy atom. The van der Waals surface area contributed by atoms with Crippen molar-refractivity contribution in [2.45, 2.75) is 52.4 Å². The molecule has 1 aromatic rings. The molecular weight excluding hydrogens is 398 g/mol. The zero-order valence-corrected chi connectivity index (χ0v) is 18.1. The third-order valence-corrected chi connectivity index (χ3v) is 4.74. The van der Waals surface area contributed by atoms with Gasteiger partial charge in [0.25, 0.3) is 0 Å². The maximum Gasteiger partial charge on any atom is 0.410 e. The van der Waals surface area contributed by atoms with Gasteiger partial charge in [0.15, 0.2) is 11.5 Å². The Morgan fingerprint density at radius 1 is 1.20 bits per heavy atom. The molecule has 1 heterocycles. The Morgan fingerprint density at radius 2 is 1.83 bits per heavy atom. The van der Waals surface area contributed by atoms with Gasteiger partial charge in [0.2, 0.25) is 5.91 Å². The number of piperidine rings is 1. The molecule has 30 heavy (non-hydrogen) atoms. The fraction of sp³-hybridized carbons (Fsp3) is 0.619. The molecule has 2 rings (SSSR count). The van der Waals surface area contributed by atoms with E-state index in [1.165, 1.54) is 13.2 Å². The summed E-state index contributed by atoms with van der Waals surface area (Å²) in [5, 5.41) is 0. The van der Waals surface area contributed by atoms with E-state index in [9.17, 15) is 18.4 Å². The summed E-state index contributed by atoms with van der Waals surface area (Å²) in [6, 6.07) is 4.60. The lowest BCUT2D eigenvalue weighted by atomic mass is 9.95. The van der Waals surface area contributed by atoms with Gasteiger partial charge in [-0.3, -0.25) is 4.79 Å². The van der Waals surface area contributed by atoms with E-state index in [2.05, 4.69) is 4.74 Å². The van der Waals surface area contributed by atoms with Gasteiger partial charge in [-0.15, -0.1) is 0 Å². The predicted molar refractivity (Wildman–Crippen MR) is 107 cm³/mol. The van der Waals surface area contributed by atoms with Gasteiger partial charge in [-0.05, 0) is 51.3 Å². The van der Waals surface area contributed by atoms with Crippen LogP contribution in [-0.2, 0) is 16.1 Å². The summed E-state index contributed by atoms with van der Waals surface area (Å²) in [5.74, 6) is -0.0817. The van der Waals surface area contributed by atoms with Crippen molar-refractivity contribution >= 4 is 12.0 Å². The maximum atomic E-state index is 12.8. The fourth-order valence-corrected chi connectivity index (χ4v) is 3.30. The highest BCUT2D eigenvalue weighted by Crippen LogP contribution is 2.30. The number of carbonyl (C=O) groups is 2. The zero-order chi connectivity index (χ0) is 22.5. The number of methoxy groups -OCH3 is 1. The number of benzene rings is 1. The molecule has 9 heteroatoms. The van der Waals surface area contributed by atoms with E-state index in [0.29, 0.717) is 32.5 Å².